The number of benzene rings is 1. The molecule has 0 aliphatic rings. The molecule has 0 atom stereocenters. The van der Waals surface area contributed by atoms with E-state index in [2.05, 4.69) is 52.0 Å². The second-order valence-electron chi connectivity index (χ2n) is 6.14. The number of halogens is 1. The molecule has 0 aliphatic carbocycles. The molecule has 0 saturated carbocycles. The summed E-state index contributed by atoms with van der Waals surface area (Å²) in [4.78, 5) is 4.75. The van der Waals surface area contributed by atoms with Crippen molar-refractivity contribution in [2.45, 2.75) is 39.8 Å². The van der Waals surface area contributed by atoms with Gasteiger partial charge in [-0.25, -0.2) is 4.99 Å². The Labute approximate surface area is 179 Å². The molecule has 0 saturated heterocycles. The van der Waals surface area contributed by atoms with Gasteiger partial charge in [-0.1, -0.05) is 31.2 Å². The lowest BCUT2D eigenvalue weighted by atomic mass is 10.1. The summed E-state index contributed by atoms with van der Waals surface area (Å²) in [6, 6.07) is 8.43. The number of aromatic nitrogens is 3. The van der Waals surface area contributed by atoms with Crippen molar-refractivity contribution in [3.8, 4) is 0 Å². The minimum absolute atomic E-state index is 0. The molecule has 0 fully saturated rings. The monoisotopic (exact) mass is 486 g/mol. The first-order chi connectivity index (χ1) is 12.7. The van der Waals surface area contributed by atoms with Gasteiger partial charge in [-0.15, -0.1) is 34.2 Å². The number of hydrogen-bond donors (Lipinski definition) is 2. The van der Waals surface area contributed by atoms with Gasteiger partial charge >= 0.3 is 0 Å². The summed E-state index contributed by atoms with van der Waals surface area (Å²) in [5.74, 6) is 2.54. The second-order valence-corrected chi connectivity index (χ2v) is 6.14. The third-order valence-electron chi connectivity index (χ3n) is 4.32. The molecule has 0 amide bonds. The number of aliphatic imine (C=N–C) groups is 1. The van der Waals surface area contributed by atoms with E-state index < -0.39 is 0 Å². The Bertz CT molecular complexity index is 716. The van der Waals surface area contributed by atoms with E-state index in [4.69, 9.17) is 9.73 Å². The Balaban J connectivity index is 0.00000364. The van der Waals surface area contributed by atoms with Crippen LogP contribution in [0.5, 0.6) is 0 Å². The first-order valence-electron chi connectivity index (χ1n) is 9.08. The van der Waals surface area contributed by atoms with E-state index in [0.29, 0.717) is 13.1 Å². The van der Waals surface area contributed by atoms with E-state index in [1.807, 2.05) is 18.5 Å². The standard InChI is InChI=1S/C19H30N6O.HI/c1-5-16-9-6-7-10-17(16)13-21-19(20-11-8-12-26-4)22-14-18-24-23-15(2)25(18)3;/h6-7,9-10H,5,8,11-14H2,1-4H3,(H2,20,21,22);1H. The number of ether oxygens (including phenoxy) is 1. The summed E-state index contributed by atoms with van der Waals surface area (Å²) in [5, 5.41) is 15.0. The molecule has 2 rings (SSSR count). The topological polar surface area (TPSA) is 76.4 Å². The summed E-state index contributed by atoms with van der Waals surface area (Å²) in [5.41, 5.74) is 2.58. The van der Waals surface area contributed by atoms with Crippen molar-refractivity contribution < 1.29 is 4.74 Å². The Hall–Kier alpha value is -1.68. The van der Waals surface area contributed by atoms with Crippen LogP contribution in [0.3, 0.4) is 0 Å². The minimum Gasteiger partial charge on any atom is -0.385 e. The van der Waals surface area contributed by atoms with E-state index in [1.54, 1.807) is 7.11 Å². The van der Waals surface area contributed by atoms with Crippen molar-refractivity contribution in [3.05, 3.63) is 47.0 Å². The average molecular weight is 486 g/mol. The average Bonchev–Trinajstić information content (AvgIpc) is 2.99. The number of rotatable bonds is 9. The largest absolute Gasteiger partial charge is 0.385 e. The molecule has 8 heteroatoms. The van der Waals surface area contributed by atoms with E-state index in [1.165, 1.54) is 11.1 Å². The molecule has 0 spiro atoms. The van der Waals surface area contributed by atoms with E-state index in [0.717, 1.165) is 43.6 Å². The van der Waals surface area contributed by atoms with Crippen LogP contribution >= 0.6 is 24.0 Å². The van der Waals surface area contributed by atoms with Crippen molar-refractivity contribution in [2.75, 3.05) is 20.3 Å². The molecule has 7 nitrogen and oxygen atoms in total. The molecule has 2 N–H and O–H groups in total. The molecule has 0 aliphatic heterocycles. The van der Waals surface area contributed by atoms with Crippen LogP contribution in [-0.4, -0.2) is 41.0 Å². The number of methoxy groups -OCH3 is 1. The van der Waals surface area contributed by atoms with E-state index in [9.17, 15) is 0 Å². The maximum atomic E-state index is 5.11. The summed E-state index contributed by atoms with van der Waals surface area (Å²) in [6.45, 7) is 6.84. The fourth-order valence-corrected chi connectivity index (χ4v) is 2.59. The summed E-state index contributed by atoms with van der Waals surface area (Å²) in [7, 11) is 3.68. The minimum atomic E-state index is 0. The van der Waals surface area contributed by atoms with Gasteiger partial charge in [0.05, 0.1) is 13.1 Å². The molecule has 150 valence electrons. The molecule has 1 aromatic heterocycles. The van der Waals surface area contributed by atoms with Crippen LogP contribution in [0.4, 0.5) is 0 Å². The summed E-state index contributed by atoms with van der Waals surface area (Å²) in [6.07, 6.45) is 1.93. The van der Waals surface area contributed by atoms with Gasteiger partial charge in [0.25, 0.3) is 0 Å². The predicted molar refractivity (Wildman–Crippen MR) is 119 cm³/mol. The molecular formula is C19H31IN6O. The smallest absolute Gasteiger partial charge is 0.191 e. The zero-order chi connectivity index (χ0) is 18.8. The van der Waals surface area contributed by atoms with Gasteiger partial charge in [0, 0.05) is 27.3 Å². The van der Waals surface area contributed by atoms with Gasteiger partial charge in [-0.2, -0.15) is 0 Å². The maximum absolute atomic E-state index is 5.11. The van der Waals surface area contributed by atoms with Gasteiger partial charge in [0.2, 0.25) is 0 Å². The first kappa shape index (κ1) is 23.4. The van der Waals surface area contributed by atoms with Crippen molar-refractivity contribution in [1.29, 1.82) is 0 Å². The van der Waals surface area contributed by atoms with Crippen LogP contribution in [0, 0.1) is 6.92 Å². The highest BCUT2D eigenvalue weighted by molar-refractivity contribution is 14.0. The Morgan fingerprint density at radius 3 is 2.56 bits per heavy atom. The van der Waals surface area contributed by atoms with E-state index >= 15 is 0 Å². The highest BCUT2D eigenvalue weighted by atomic mass is 127. The SMILES string of the molecule is CCc1ccccc1CN=C(NCCCOC)NCc1nnc(C)n1C.I. The number of nitrogens with zero attached hydrogens (tertiary/aromatic N) is 4. The molecule has 1 aromatic carbocycles. The molecule has 0 radical (unpaired) electrons. The highest BCUT2D eigenvalue weighted by Gasteiger charge is 2.07. The van der Waals surface area contributed by atoms with Crippen molar-refractivity contribution in [3.63, 3.8) is 0 Å². The lowest BCUT2D eigenvalue weighted by Crippen LogP contribution is -2.38. The van der Waals surface area contributed by atoms with Crippen LogP contribution in [0.25, 0.3) is 0 Å². The van der Waals surface area contributed by atoms with Gasteiger partial charge in [0.1, 0.15) is 5.82 Å². The summed E-state index contributed by atoms with van der Waals surface area (Å²) >= 11 is 0. The van der Waals surface area contributed by atoms with Crippen LogP contribution < -0.4 is 10.6 Å². The normalized spacial score (nSPS) is 11.2. The third kappa shape index (κ3) is 7.45. The second kappa shape index (κ2) is 12.7. The quantitative estimate of drug-likeness (QED) is 0.247. The van der Waals surface area contributed by atoms with Gasteiger partial charge in [-0.05, 0) is 30.9 Å². The van der Waals surface area contributed by atoms with Crippen molar-refractivity contribution in [1.82, 2.24) is 25.4 Å². The number of hydrogen-bond acceptors (Lipinski definition) is 4. The van der Waals surface area contributed by atoms with Crippen molar-refractivity contribution >= 4 is 29.9 Å². The first-order valence-corrected chi connectivity index (χ1v) is 9.08. The van der Waals surface area contributed by atoms with Crippen LogP contribution in [-0.2, 0) is 31.3 Å². The van der Waals surface area contributed by atoms with Crippen LogP contribution in [0.15, 0.2) is 29.3 Å². The Morgan fingerprint density at radius 2 is 1.93 bits per heavy atom. The lowest BCUT2D eigenvalue weighted by Gasteiger charge is -2.13. The lowest BCUT2D eigenvalue weighted by molar-refractivity contribution is 0.195. The van der Waals surface area contributed by atoms with Crippen LogP contribution in [0.1, 0.15) is 36.1 Å². The number of nitrogens with one attached hydrogen (secondary N) is 2. The third-order valence-corrected chi connectivity index (χ3v) is 4.32. The number of aryl methyl sites for hydroxylation is 2. The fraction of sp³-hybridized carbons (Fsp3) is 0.526. The molecule has 1 heterocycles. The zero-order valence-electron chi connectivity index (χ0n) is 16.7. The highest BCUT2D eigenvalue weighted by Crippen LogP contribution is 2.10. The predicted octanol–water partition coefficient (Wildman–Crippen LogP) is 2.58. The van der Waals surface area contributed by atoms with Crippen LogP contribution in [0.2, 0.25) is 0 Å². The zero-order valence-corrected chi connectivity index (χ0v) is 19.0. The Kier molecular flexibility index (Phi) is 11.0. The molecule has 2 aromatic rings. The fourth-order valence-electron chi connectivity index (χ4n) is 2.59. The number of guanidine groups is 1. The van der Waals surface area contributed by atoms with E-state index in [-0.39, 0.29) is 24.0 Å². The summed E-state index contributed by atoms with van der Waals surface area (Å²) < 4.78 is 7.08. The molecule has 0 unspecified atom stereocenters. The Morgan fingerprint density at radius 1 is 1.19 bits per heavy atom. The molecule has 27 heavy (non-hydrogen) atoms. The van der Waals surface area contributed by atoms with Crippen molar-refractivity contribution in [2.24, 2.45) is 12.0 Å². The molecule has 0 bridgehead atoms. The molecular weight excluding hydrogens is 455 g/mol. The van der Waals surface area contributed by atoms with Gasteiger partial charge in [0.15, 0.2) is 11.8 Å². The maximum Gasteiger partial charge on any atom is 0.191 e. The van der Waals surface area contributed by atoms with Gasteiger partial charge < -0.3 is 19.9 Å². The van der Waals surface area contributed by atoms with Gasteiger partial charge in [-0.3, -0.25) is 0 Å².